The van der Waals surface area contributed by atoms with Crippen LogP contribution in [0.2, 0.25) is 0 Å². The average molecular weight is 268 g/mol. The molecule has 1 aromatic heterocycles. The predicted molar refractivity (Wildman–Crippen MR) is 71.0 cm³/mol. The van der Waals surface area contributed by atoms with Crippen molar-refractivity contribution in [2.24, 2.45) is 5.92 Å². The first kappa shape index (κ1) is 15.6. The number of aromatic nitrogens is 1. The molecule has 0 aliphatic carbocycles. The van der Waals surface area contributed by atoms with E-state index >= 15 is 0 Å². The molecule has 106 valence electrons. The number of aliphatic hydroxyl groups excluding tert-OH is 1. The highest BCUT2D eigenvalue weighted by atomic mass is 19.1. The molecule has 19 heavy (non-hydrogen) atoms. The van der Waals surface area contributed by atoms with Crippen LogP contribution in [0.25, 0.3) is 0 Å². The highest BCUT2D eigenvalue weighted by molar-refractivity contribution is 5.76. The van der Waals surface area contributed by atoms with Crippen molar-refractivity contribution in [2.75, 3.05) is 6.61 Å². The van der Waals surface area contributed by atoms with Crippen molar-refractivity contribution in [1.29, 1.82) is 0 Å². The molecule has 4 nitrogen and oxygen atoms in total. The maximum atomic E-state index is 12.9. The smallest absolute Gasteiger partial charge is 0.220 e. The second-order valence-electron chi connectivity index (χ2n) is 4.94. The first-order valence-corrected chi connectivity index (χ1v) is 6.52. The van der Waals surface area contributed by atoms with Crippen LogP contribution in [0, 0.1) is 11.7 Å². The first-order valence-electron chi connectivity index (χ1n) is 6.52. The molecule has 0 aliphatic heterocycles. The van der Waals surface area contributed by atoms with Gasteiger partial charge in [0.05, 0.1) is 6.20 Å². The monoisotopic (exact) mass is 268 g/mol. The van der Waals surface area contributed by atoms with Gasteiger partial charge >= 0.3 is 0 Å². The number of rotatable bonds is 7. The Hall–Kier alpha value is -1.49. The largest absolute Gasteiger partial charge is 0.396 e. The zero-order valence-corrected chi connectivity index (χ0v) is 11.4. The lowest BCUT2D eigenvalue weighted by molar-refractivity contribution is -0.122. The molecule has 0 radical (unpaired) electrons. The molecule has 1 unspecified atom stereocenters. The first-order chi connectivity index (χ1) is 9.02. The third-order valence-electron chi connectivity index (χ3n) is 2.99. The van der Waals surface area contributed by atoms with E-state index in [0.29, 0.717) is 24.8 Å². The number of pyridine rings is 1. The number of amides is 1. The molecule has 0 saturated heterocycles. The molecule has 2 N–H and O–H groups in total. The summed E-state index contributed by atoms with van der Waals surface area (Å²) in [6.45, 7) is 4.05. The maximum Gasteiger partial charge on any atom is 0.220 e. The molecule has 1 atom stereocenters. The zero-order chi connectivity index (χ0) is 14.3. The number of nitrogens with one attached hydrogen (secondary N) is 1. The molecule has 1 amide bonds. The molecule has 0 bridgehead atoms. The van der Waals surface area contributed by atoms with E-state index in [1.165, 1.54) is 6.07 Å². The van der Waals surface area contributed by atoms with Crippen LogP contribution in [0.1, 0.15) is 32.3 Å². The number of aryl methyl sites for hydroxylation is 1. The van der Waals surface area contributed by atoms with Gasteiger partial charge in [-0.25, -0.2) is 4.39 Å². The third kappa shape index (κ3) is 5.79. The van der Waals surface area contributed by atoms with Gasteiger partial charge in [-0.2, -0.15) is 0 Å². The Morgan fingerprint density at radius 1 is 1.47 bits per heavy atom. The standard InChI is InChI=1S/C14H21FN2O2/c1-10(2)13(5-6-18)17-14(19)4-3-11-7-12(15)9-16-8-11/h7-10,13,18H,3-6H2,1-2H3,(H,17,19). The normalized spacial score (nSPS) is 12.5. The van der Waals surface area contributed by atoms with Gasteiger partial charge in [0.15, 0.2) is 0 Å². The molecule has 0 fully saturated rings. The Balaban J connectivity index is 2.42. The fourth-order valence-corrected chi connectivity index (χ4v) is 1.84. The summed E-state index contributed by atoms with van der Waals surface area (Å²) < 4.78 is 12.9. The predicted octanol–water partition coefficient (Wildman–Crippen LogP) is 1.68. The second-order valence-corrected chi connectivity index (χ2v) is 4.94. The van der Waals surface area contributed by atoms with Crippen molar-refractivity contribution in [3.05, 3.63) is 29.8 Å². The molecular weight excluding hydrogens is 247 g/mol. The summed E-state index contributed by atoms with van der Waals surface area (Å²) in [6.07, 6.45) is 3.99. The quantitative estimate of drug-likeness (QED) is 0.791. The summed E-state index contributed by atoms with van der Waals surface area (Å²) in [7, 11) is 0. The summed E-state index contributed by atoms with van der Waals surface area (Å²) in [5, 5.41) is 11.8. The molecule has 0 aromatic carbocycles. The maximum absolute atomic E-state index is 12.9. The van der Waals surface area contributed by atoms with E-state index < -0.39 is 5.82 Å². The highest BCUT2D eigenvalue weighted by Gasteiger charge is 2.15. The van der Waals surface area contributed by atoms with E-state index in [9.17, 15) is 9.18 Å². The van der Waals surface area contributed by atoms with E-state index in [-0.39, 0.29) is 24.5 Å². The molecule has 0 spiro atoms. The van der Waals surface area contributed by atoms with E-state index in [0.717, 1.165) is 6.20 Å². The Bertz CT molecular complexity index is 410. The molecule has 0 saturated carbocycles. The Morgan fingerprint density at radius 2 is 2.21 bits per heavy atom. The van der Waals surface area contributed by atoms with Crippen molar-refractivity contribution in [3.8, 4) is 0 Å². The SMILES string of the molecule is CC(C)C(CCO)NC(=O)CCc1cncc(F)c1. The summed E-state index contributed by atoms with van der Waals surface area (Å²) >= 11 is 0. The minimum absolute atomic E-state index is 0.0249. The molecule has 1 aromatic rings. The number of hydrogen-bond acceptors (Lipinski definition) is 3. The Labute approximate surface area is 113 Å². The molecule has 1 rings (SSSR count). The fourth-order valence-electron chi connectivity index (χ4n) is 1.84. The van der Waals surface area contributed by atoms with Crippen LogP contribution in [0.4, 0.5) is 4.39 Å². The lowest BCUT2D eigenvalue weighted by atomic mass is 10.0. The van der Waals surface area contributed by atoms with Crippen LogP contribution >= 0.6 is 0 Å². The lowest BCUT2D eigenvalue weighted by Crippen LogP contribution is -2.39. The van der Waals surface area contributed by atoms with Gasteiger partial charge in [0.1, 0.15) is 5.82 Å². The van der Waals surface area contributed by atoms with Gasteiger partial charge in [-0.1, -0.05) is 13.8 Å². The number of aliphatic hydroxyl groups is 1. The summed E-state index contributed by atoms with van der Waals surface area (Å²) in [5.41, 5.74) is 0.707. The van der Waals surface area contributed by atoms with Crippen molar-refractivity contribution in [2.45, 2.75) is 39.2 Å². The molecule has 1 heterocycles. The van der Waals surface area contributed by atoms with Crippen LogP contribution in [0.5, 0.6) is 0 Å². The third-order valence-corrected chi connectivity index (χ3v) is 2.99. The van der Waals surface area contributed by atoms with Gasteiger partial charge in [0, 0.05) is 25.3 Å². The molecule has 5 heteroatoms. The molecule has 0 aliphatic rings. The van der Waals surface area contributed by atoms with Gasteiger partial charge in [-0.15, -0.1) is 0 Å². The minimum Gasteiger partial charge on any atom is -0.396 e. The van der Waals surface area contributed by atoms with Gasteiger partial charge in [-0.3, -0.25) is 9.78 Å². The fraction of sp³-hybridized carbons (Fsp3) is 0.571. The summed E-state index contributed by atoms with van der Waals surface area (Å²) in [4.78, 5) is 15.5. The van der Waals surface area contributed by atoms with Crippen LogP contribution in [-0.2, 0) is 11.2 Å². The van der Waals surface area contributed by atoms with Crippen LogP contribution in [-0.4, -0.2) is 28.6 Å². The van der Waals surface area contributed by atoms with Crippen molar-refractivity contribution in [1.82, 2.24) is 10.3 Å². The topological polar surface area (TPSA) is 62.2 Å². The Kier molecular flexibility index (Phi) is 6.42. The summed E-state index contributed by atoms with van der Waals surface area (Å²) in [5.74, 6) is -0.207. The summed E-state index contributed by atoms with van der Waals surface area (Å²) in [6, 6.07) is 1.36. The lowest BCUT2D eigenvalue weighted by Gasteiger charge is -2.21. The number of nitrogens with zero attached hydrogens (tertiary/aromatic N) is 1. The van der Waals surface area contributed by atoms with Crippen molar-refractivity contribution < 1.29 is 14.3 Å². The van der Waals surface area contributed by atoms with E-state index in [2.05, 4.69) is 10.3 Å². The van der Waals surface area contributed by atoms with Crippen molar-refractivity contribution in [3.63, 3.8) is 0 Å². The average Bonchev–Trinajstić information content (AvgIpc) is 2.36. The Morgan fingerprint density at radius 3 is 2.79 bits per heavy atom. The zero-order valence-electron chi connectivity index (χ0n) is 11.4. The van der Waals surface area contributed by atoms with Gasteiger partial charge < -0.3 is 10.4 Å². The van der Waals surface area contributed by atoms with Crippen LogP contribution < -0.4 is 5.32 Å². The van der Waals surface area contributed by atoms with Crippen LogP contribution in [0.15, 0.2) is 18.5 Å². The van der Waals surface area contributed by atoms with E-state index in [1.807, 2.05) is 13.8 Å². The number of carbonyl (C=O) groups excluding carboxylic acids is 1. The van der Waals surface area contributed by atoms with Gasteiger partial charge in [0.25, 0.3) is 0 Å². The highest BCUT2D eigenvalue weighted by Crippen LogP contribution is 2.08. The van der Waals surface area contributed by atoms with E-state index in [4.69, 9.17) is 5.11 Å². The number of hydrogen-bond donors (Lipinski definition) is 2. The molecular formula is C14H21FN2O2. The minimum atomic E-state index is -0.391. The second kappa shape index (κ2) is 7.84. The van der Waals surface area contributed by atoms with E-state index in [1.54, 1.807) is 6.20 Å². The van der Waals surface area contributed by atoms with Gasteiger partial charge in [0.2, 0.25) is 5.91 Å². The van der Waals surface area contributed by atoms with Gasteiger partial charge in [-0.05, 0) is 30.4 Å². The number of halogens is 1. The van der Waals surface area contributed by atoms with Crippen molar-refractivity contribution >= 4 is 5.91 Å². The number of carbonyl (C=O) groups is 1. The van der Waals surface area contributed by atoms with Crippen LogP contribution in [0.3, 0.4) is 0 Å².